The van der Waals surface area contributed by atoms with E-state index in [1.165, 1.54) is 16.9 Å². The maximum Gasteiger partial charge on any atom is 0.326 e. The Morgan fingerprint density at radius 1 is 1.55 bits per heavy atom. The molecule has 122 valence electrons. The summed E-state index contributed by atoms with van der Waals surface area (Å²) in [5.41, 5.74) is 1.17. The third-order valence-electron chi connectivity index (χ3n) is 3.98. The Hall–Kier alpha value is -1.40. The van der Waals surface area contributed by atoms with Crippen molar-refractivity contribution in [3.05, 3.63) is 21.4 Å². The number of aryl methyl sites for hydroxylation is 2. The minimum absolute atomic E-state index is 0.161. The van der Waals surface area contributed by atoms with Crippen LogP contribution in [0.3, 0.4) is 0 Å². The van der Waals surface area contributed by atoms with Gasteiger partial charge in [-0.25, -0.2) is 4.79 Å². The van der Waals surface area contributed by atoms with Gasteiger partial charge in [0.2, 0.25) is 0 Å². The molecule has 0 saturated carbocycles. The smallest absolute Gasteiger partial charge is 0.326 e. The molecule has 2 heterocycles. The number of carboxylic acids is 1. The first-order valence-electron chi connectivity index (χ1n) is 7.73. The van der Waals surface area contributed by atoms with Crippen LogP contribution in [0.2, 0.25) is 0 Å². The molecule has 0 aromatic carbocycles. The predicted octanol–water partition coefficient (Wildman–Crippen LogP) is 2.62. The number of aliphatic carboxylic acids is 1. The van der Waals surface area contributed by atoms with Gasteiger partial charge in [0.05, 0.1) is 11.5 Å². The second-order valence-corrected chi connectivity index (χ2v) is 6.96. The van der Waals surface area contributed by atoms with Crippen molar-refractivity contribution >= 4 is 23.2 Å². The molecule has 2 N–H and O–H groups in total. The molecule has 1 aliphatic rings. The zero-order chi connectivity index (χ0) is 16.1. The second kappa shape index (κ2) is 7.74. The van der Waals surface area contributed by atoms with Gasteiger partial charge < -0.3 is 15.2 Å². The highest BCUT2D eigenvalue weighted by Crippen LogP contribution is 2.24. The van der Waals surface area contributed by atoms with Gasteiger partial charge in [-0.05, 0) is 37.8 Å². The van der Waals surface area contributed by atoms with Gasteiger partial charge in [0.15, 0.2) is 0 Å². The third kappa shape index (κ3) is 4.08. The van der Waals surface area contributed by atoms with Gasteiger partial charge in [-0.15, -0.1) is 11.3 Å². The summed E-state index contributed by atoms with van der Waals surface area (Å²) >= 11 is 1.43. The molecule has 1 aromatic heterocycles. The summed E-state index contributed by atoms with van der Waals surface area (Å²) in [5.74, 6) is -1.45. The molecule has 6 heteroatoms. The fourth-order valence-electron chi connectivity index (χ4n) is 2.77. The topological polar surface area (TPSA) is 75.6 Å². The predicted molar refractivity (Wildman–Crippen MR) is 85.5 cm³/mol. The first-order valence-corrected chi connectivity index (χ1v) is 8.55. The van der Waals surface area contributed by atoms with Gasteiger partial charge >= 0.3 is 5.97 Å². The minimum atomic E-state index is -0.995. The highest BCUT2D eigenvalue weighted by molar-refractivity contribution is 7.14. The summed E-state index contributed by atoms with van der Waals surface area (Å²) in [6, 6.07) is 1.000. The molecule has 1 fully saturated rings. The molecule has 5 nitrogen and oxygen atoms in total. The van der Waals surface area contributed by atoms with Crippen molar-refractivity contribution in [2.45, 2.75) is 45.6 Å². The van der Waals surface area contributed by atoms with Crippen LogP contribution in [0, 0.1) is 12.8 Å². The summed E-state index contributed by atoms with van der Waals surface area (Å²) in [5, 5.41) is 12.1. The summed E-state index contributed by atoms with van der Waals surface area (Å²) in [6.45, 7) is 5.15. The Kier molecular flexibility index (Phi) is 5.97. The van der Waals surface area contributed by atoms with Gasteiger partial charge in [0.1, 0.15) is 6.04 Å². The average Bonchev–Trinajstić information content (AvgIpc) is 2.87. The molecule has 0 aliphatic carbocycles. The Morgan fingerprint density at radius 3 is 2.91 bits per heavy atom. The van der Waals surface area contributed by atoms with Gasteiger partial charge in [0.25, 0.3) is 5.91 Å². The molecule has 0 spiro atoms. The molecule has 2 atom stereocenters. The molecule has 1 aromatic rings. The van der Waals surface area contributed by atoms with E-state index >= 15 is 0 Å². The highest BCUT2D eigenvalue weighted by Gasteiger charge is 2.32. The maximum atomic E-state index is 12.4. The quantitative estimate of drug-likeness (QED) is 0.843. The summed E-state index contributed by atoms with van der Waals surface area (Å²) in [6.07, 6.45) is 3.56. The Labute approximate surface area is 134 Å². The van der Waals surface area contributed by atoms with E-state index in [-0.39, 0.29) is 11.8 Å². The number of hydrogen-bond acceptors (Lipinski definition) is 4. The van der Waals surface area contributed by atoms with Crippen molar-refractivity contribution in [1.29, 1.82) is 0 Å². The zero-order valence-corrected chi connectivity index (χ0v) is 13.9. The van der Waals surface area contributed by atoms with Crippen LogP contribution in [0.25, 0.3) is 0 Å². The van der Waals surface area contributed by atoms with Crippen LogP contribution in [0.5, 0.6) is 0 Å². The maximum absolute atomic E-state index is 12.4. The number of amides is 1. The molecule has 1 aliphatic heterocycles. The van der Waals surface area contributed by atoms with Crippen molar-refractivity contribution in [2.24, 2.45) is 5.92 Å². The monoisotopic (exact) mass is 325 g/mol. The van der Waals surface area contributed by atoms with E-state index in [9.17, 15) is 14.7 Å². The van der Waals surface area contributed by atoms with E-state index < -0.39 is 12.0 Å². The molecule has 2 rings (SSSR count). The number of ether oxygens (including phenoxy) is 1. The number of carboxylic acid groups (broad SMARTS) is 1. The lowest BCUT2D eigenvalue weighted by Gasteiger charge is -2.27. The van der Waals surface area contributed by atoms with Crippen molar-refractivity contribution in [3.63, 3.8) is 0 Å². The van der Waals surface area contributed by atoms with Gasteiger partial charge in [0, 0.05) is 17.4 Å². The standard InChI is InChI=1S/C16H23NO4S/c1-3-5-11-8-13(22-10(11)2)15(18)17-14(16(19)20)12-6-4-7-21-9-12/h8,12,14H,3-7,9H2,1-2H3,(H,17,18)(H,19,20). The third-order valence-corrected chi connectivity index (χ3v) is 5.07. The Bertz CT molecular complexity index is 534. The number of carbonyl (C=O) groups excluding carboxylic acids is 1. The highest BCUT2D eigenvalue weighted by atomic mass is 32.1. The number of hydrogen-bond donors (Lipinski definition) is 2. The van der Waals surface area contributed by atoms with Crippen LogP contribution in [-0.4, -0.2) is 36.2 Å². The van der Waals surface area contributed by atoms with Crippen LogP contribution >= 0.6 is 11.3 Å². The fraction of sp³-hybridized carbons (Fsp3) is 0.625. The SMILES string of the molecule is CCCc1cc(C(=O)NC(C(=O)O)C2CCCOC2)sc1C. The molecule has 22 heavy (non-hydrogen) atoms. The first kappa shape index (κ1) is 17.0. The molecule has 1 amide bonds. The molecule has 0 radical (unpaired) electrons. The molecule has 1 saturated heterocycles. The molecule has 0 bridgehead atoms. The Morgan fingerprint density at radius 2 is 2.32 bits per heavy atom. The number of rotatable bonds is 6. The number of nitrogens with one attached hydrogen (secondary N) is 1. The second-order valence-electron chi connectivity index (χ2n) is 5.71. The average molecular weight is 325 g/mol. The number of carbonyl (C=O) groups is 2. The van der Waals surface area contributed by atoms with Gasteiger partial charge in [-0.1, -0.05) is 13.3 Å². The van der Waals surface area contributed by atoms with E-state index in [0.29, 0.717) is 18.1 Å². The fourth-order valence-corrected chi connectivity index (χ4v) is 3.75. The van der Waals surface area contributed by atoms with Gasteiger partial charge in [-0.2, -0.15) is 0 Å². The van der Waals surface area contributed by atoms with Crippen molar-refractivity contribution in [3.8, 4) is 0 Å². The van der Waals surface area contributed by atoms with E-state index in [4.69, 9.17) is 4.74 Å². The Balaban J connectivity index is 2.07. The summed E-state index contributed by atoms with van der Waals surface area (Å²) in [4.78, 5) is 25.6. The lowest BCUT2D eigenvalue weighted by Crippen LogP contribution is -2.48. The van der Waals surface area contributed by atoms with E-state index in [2.05, 4.69) is 12.2 Å². The zero-order valence-electron chi connectivity index (χ0n) is 13.1. The largest absolute Gasteiger partial charge is 0.480 e. The van der Waals surface area contributed by atoms with Crippen LogP contribution in [0.1, 0.15) is 46.3 Å². The van der Waals surface area contributed by atoms with E-state index in [0.717, 1.165) is 30.6 Å². The minimum Gasteiger partial charge on any atom is -0.480 e. The van der Waals surface area contributed by atoms with Crippen molar-refractivity contribution < 1.29 is 19.4 Å². The van der Waals surface area contributed by atoms with Crippen LogP contribution in [0.4, 0.5) is 0 Å². The van der Waals surface area contributed by atoms with Crippen LogP contribution in [-0.2, 0) is 16.0 Å². The van der Waals surface area contributed by atoms with E-state index in [1.54, 1.807) is 0 Å². The van der Waals surface area contributed by atoms with Crippen LogP contribution in [0.15, 0.2) is 6.07 Å². The van der Waals surface area contributed by atoms with Gasteiger partial charge in [-0.3, -0.25) is 4.79 Å². The first-order chi connectivity index (χ1) is 10.5. The van der Waals surface area contributed by atoms with Crippen molar-refractivity contribution in [1.82, 2.24) is 5.32 Å². The summed E-state index contributed by atoms with van der Waals surface area (Å²) < 4.78 is 5.34. The number of thiophene rings is 1. The normalized spacial score (nSPS) is 19.6. The summed E-state index contributed by atoms with van der Waals surface area (Å²) in [7, 11) is 0. The molecular formula is C16H23NO4S. The molecular weight excluding hydrogens is 302 g/mol. The van der Waals surface area contributed by atoms with Crippen LogP contribution < -0.4 is 5.32 Å². The van der Waals surface area contributed by atoms with E-state index in [1.807, 2.05) is 13.0 Å². The molecule has 2 unspecified atom stereocenters. The lowest BCUT2D eigenvalue weighted by molar-refractivity contribution is -0.142. The van der Waals surface area contributed by atoms with Crippen molar-refractivity contribution in [2.75, 3.05) is 13.2 Å². The lowest BCUT2D eigenvalue weighted by atomic mass is 9.93.